The highest BCUT2D eigenvalue weighted by Crippen LogP contribution is 2.35. The van der Waals surface area contributed by atoms with Crippen molar-refractivity contribution < 1.29 is 4.79 Å². The predicted octanol–water partition coefficient (Wildman–Crippen LogP) is 2.11. The van der Waals surface area contributed by atoms with E-state index in [1.165, 1.54) is 21.3 Å². The number of hydrogen-bond donors (Lipinski definition) is 1. The number of aromatic nitrogens is 2. The molecule has 0 saturated carbocycles. The lowest BCUT2D eigenvalue weighted by molar-refractivity contribution is -0.121. The first-order valence-corrected chi connectivity index (χ1v) is 8.68. The number of rotatable bonds is 4. The number of carbonyl (C=O) groups is 1. The van der Waals surface area contributed by atoms with Crippen LogP contribution in [0.4, 0.5) is 0 Å². The number of amides is 1. The summed E-state index contributed by atoms with van der Waals surface area (Å²) in [5.41, 5.74) is 1.09. The monoisotopic (exact) mass is 319 g/mol. The third-order valence-electron chi connectivity index (χ3n) is 4.17. The fourth-order valence-corrected chi connectivity index (χ4v) is 4.29. The molecule has 1 aliphatic carbocycles. The fourth-order valence-electron chi connectivity index (χ4n) is 2.95. The van der Waals surface area contributed by atoms with Gasteiger partial charge in [-0.1, -0.05) is 13.8 Å². The lowest BCUT2D eigenvalue weighted by Gasteiger charge is -2.17. The molecule has 1 atom stereocenters. The van der Waals surface area contributed by atoms with Gasteiger partial charge in [0.15, 0.2) is 0 Å². The van der Waals surface area contributed by atoms with Crippen LogP contribution in [0.3, 0.4) is 0 Å². The van der Waals surface area contributed by atoms with Gasteiger partial charge in [0.2, 0.25) is 5.91 Å². The molecule has 2 aromatic heterocycles. The van der Waals surface area contributed by atoms with Gasteiger partial charge in [0.25, 0.3) is 5.56 Å². The molecule has 1 amide bonds. The van der Waals surface area contributed by atoms with Crippen LogP contribution in [-0.2, 0) is 24.2 Å². The molecular formula is C16H21N3O2S. The van der Waals surface area contributed by atoms with Crippen LogP contribution in [-0.4, -0.2) is 22.0 Å². The zero-order valence-electron chi connectivity index (χ0n) is 13.0. The summed E-state index contributed by atoms with van der Waals surface area (Å²) in [5, 5.41) is 3.53. The smallest absolute Gasteiger partial charge is 0.262 e. The molecule has 3 rings (SSSR count). The maximum Gasteiger partial charge on any atom is 0.262 e. The quantitative estimate of drug-likeness (QED) is 0.939. The Morgan fingerprint density at radius 3 is 3.14 bits per heavy atom. The van der Waals surface area contributed by atoms with Gasteiger partial charge in [-0.15, -0.1) is 11.3 Å². The van der Waals surface area contributed by atoms with Crippen LogP contribution in [0.25, 0.3) is 10.2 Å². The fraction of sp³-hybridized carbons (Fsp3) is 0.562. The Balaban J connectivity index is 1.96. The van der Waals surface area contributed by atoms with Gasteiger partial charge in [0.1, 0.15) is 11.4 Å². The molecule has 0 aliphatic heterocycles. The van der Waals surface area contributed by atoms with Gasteiger partial charge in [-0.05, 0) is 37.2 Å². The number of thiophene rings is 1. The number of hydrogen-bond acceptors (Lipinski definition) is 4. The van der Waals surface area contributed by atoms with E-state index in [4.69, 9.17) is 0 Å². The molecule has 0 fully saturated rings. The number of carbonyl (C=O) groups excluding carboxylic acids is 1. The van der Waals surface area contributed by atoms with E-state index in [-0.39, 0.29) is 18.0 Å². The van der Waals surface area contributed by atoms with Crippen LogP contribution in [0.1, 0.15) is 37.1 Å². The Morgan fingerprint density at radius 1 is 1.55 bits per heavy atom. The van der Waals surface area contributed by atoms with Crippen LogP contribution in [0.5, 0.6) is 0 Å². The van der Waals surface area contributed by atoms with Crippen molar-refractivity contribution in [2.45, 2.75) is 46.1 Å². The van der Waals surface area contributed by atoms with Crippen LogP contribution in [0.15, 0.2) is 11.1 Å². The SMILES string of the molecule is CCCNC(=O)Cn1cnc2sc3c(c2c1=O)CCC(C)C3. The van der Waals surface area contributed by atoms with Gasteiger partial charge in [0, 0.05) is 11.4 Å². The number of nitrogens with zero attached hydrogens (tertiary/aromatic N) is 2. The van der Waals surface area contributed by atoms with Crippen molar-refractivity contribution in [1.29, 1.82) is 0 Å². The Kier molecular flexibility index (Phi) is 4.29. The second-order valence-corrected chi connectivity index (χ2v) is 7.14. The van der Waals surface area contributed by atoms with Crippen LogP contribution in [0.2, 0.25) is 0 Å². The Morgan fingerprint density at radius 2 is 2.36 bits per heavy atom. The van der Waals surface area contributed by atoms with E-state index in [1.54, 1.807) is 11.3 Å². The van der Waals surface area contributed by atoms with Crippen molar-refractivity contribution in [3.63, 3.8) is 0 Å². The number of nitrogens with one attached hydrogen (secondary N) is 1. The van der Waals surface area contributed by atoms with E-state index in [0.717, 1.165) is 35.9 Å². The molecule has 22 heavy (non-hydrogen) atoms. The van der Waals surface area contributed by atoms with Crippen molar-refractivity contribution in [3.8, 4) is 0 Å². The highest BCUT2D eigenvalue weighted by atomic mass is 32.1. The average Bonchev–Trinajstić information content (AvgIpc) is 2.86. The minimum absolute atomic E-state index is 0.0444. The van der Waals surface area contributed by atoms with Gasteiger partial charge >= 0.3 is 0 Å². The minimum Gasteiger partial charge on any atom is -0.355 e. The minimum atomic E-state index is -0.136. The first-order chi connectivity index (χ1) is 10.6. The normalized spacial score (nSPS) is 17.5. The zero-order valence-corrected chi connectivity index (χ0v) is 13.8. The van der Waals surface area contributed by atoms with Gasteiger partial charge in [-0.2, -0.15) is 0 Å². The second-order valence-electron chi connectivity index (χ2n) is 6.06. The van der Waals surface area contributed by atoms with Crippen molar-refractivity contribution in [1.82, 2.24) is 14.9 Å². The first kappa shape index (κ1) is 15.2. The lowest BCUT2D eigenvalue weighted by atomic mass is 9.89. The molecule has 6 heteroatoms. The average molecular weight is 319 g/mol. The molecule has 0 spiro atoms. The van der Waals surface area contributed by atoms with Crippen molar-refractivity contribution >= 4 is 27.5 Å². The Hall–Kier alpha value is -1.69. The van der Waals surface area contributed by atoms with E-state index in [0.29, 0.717) is 12.5 Å². The van der Waals surface area contributed by atoms with E-state index >= 15 is 0 Å². The van der Waals surface area contributed by atoms with Crippen molar-refractivity contribution in [3.05, 3.63) is 27.1 Å². The molecule has 0 saturated heterocycles. The van der Waals surface area contributed by atoms with Gasteiger partial charge in [-0.25, -0.2) is 4.98 Å². The molecule has 0 radical (unpaired) electrons. The standard InChI is InChI=1S/C16H21N3O2S/c1-3-6-17-13(20)8-19-9-18-15-14(16(19)21)11-5-4-10(2)7-12(11)22-15/h9-10H,3-8H2,1-2H3,(H,17,20). The predicted molar refractivity (Wildman–Crippen MR) is 88.4 cm³/mol. The summed E-state index contributed by atoms with van der Waals surface area (Å²) in [5.74, 6) is 0.533. The molecule has 2 heterocycles. The summed E-state index contributed by atoms with van der Waals surface area (Å²) in [4.78, 5) is 31.1. The summed E-state index contributed by atoms with van der Waals surface area (Å²) in [6.45, 7) is 4.92. The van der Waals surface area contributed by atoms with Crippen molar-refractivity contribution in [2.75, 3.05) is 6.54 Å². The third-order valence-corrected chi connectivity index (χ3v) is 5.33. The van der Waals surface area contributed by atoms with E-state index in [9.17, 15) is 9.59 Å². The zero-order chi connectivity index (χ0) is 15.7. The van der Waals surface area contributed by atoms with Gasteiger partial charge in [-0.3, -0.25) is 14.2 Å². The van der Waals surface area contributed by atoms with E-state index in [2.05, 4.69) is 17.2 Å². The molecule has 1 N–H and O–H groups in total. The van der Waals surface area contributed by atoms with Crippen LogP contribution >= 0.6 is 11.3 Å². The van der Waals surface area contributed by atoms with E-state index in [1.807, 2.05) is 6.92 Å². The number of fused-ring (bicyclic) bond motifs is 3. The van der Waals surface area contributed by atoms with Crippen molar-refractivity contribution in [2.24, 2.45) is 5.92 Å². The second kappa shape index (κ2) is 6.20. The summed E-state index contributed by atoms with van der Waals surface area (Å²) in [6, 6.07) is 0. The molecule has 0 bridgehead atoms. The maximum absolute atomic E-state index is 12.7. The molecule has 0 aromatic carbocycles. The molecule has 118 valence electrons. The first-order valence-electron chi connectivity index (χ1n) is 7.86. The lowest BCUT2D eigenvalue weighted by Crippen LogP contribution is -2.32. The molecule has 2 aromatic rings. The van der Waals surface area contributed by atoms with Gasteiger partial charge < -0.3 is 5.32 Å². The summed E-state index contributed by atoms with van der Waals surface area (Å²) < 4.78 is 1.43. The highest BCUT2D eigenvalue weighted by molar-refractivity contribution is 7.18. The molecule has 1 aliphatic rings. The summed E-state index contributed by atoms with van der Waals surface area (Å²) in [7, 11) is 0. The Labute approximate surface area is 133 Å². The summed E-state index contributed by atoms with van der Waals surface area (Å²) in [6.07, 6.45) is 5.48. The summed E-state index contributed by atoms with van der Waals surface area (Å²) >= 11 is 1.63. The molecule has 1 unspecified atom stereocenters. The highest BCUT2D eigenvalue weighted by Gasteiger charge is 2.23. The third kappa shape index (κ3) is 2.79. The number of aryl methyl sites for hydroxylation is 1. The Bertz CT molecular complexity index is 763. The maximum atomic E-state index is 12.7. The topological polar surface area (TPSA) is 64.0 Å². The molecule has 5 nitrogen and oxygen atoms in total. The largest absolute Gasteiger partial charge is 0.355 e. The van der Waals surface area contributed by atoms with Crippen LogP contribution < -0.4 is 10.9 Å². The molecular weight excluding hydrogens is 298 g/mol. The van der Waals surface area contributed by atoms with E-state index < -0.39 is 0 Å². The van der Waals surface area contributed by atoms with Gasteiger partial charge in [0.05, 0.1) is 11.7 Å². The van der Waals surface area contributed by atoms with Crippen LogP contribution in [0, 0.1) is 5.92 Å².